The van der Waals surface area contributed by atoms with Crippen molar-refractivity contribution in [2.24, 2.45) is 16.6 Å². The Labute approximate surface area is 99.5 Å². The lowest BCUT2D eigenvalue weighted by atomic mass is 10.2. The molecule has 0 saturated heterocycles. The van der Waals surface area contributed by atoms with Crippen LogP contribution in [0.1, 0.15) is 13.8 Å². The molecule has 0 aromatic rings. The van der Waals surface area contributed by atoms with Crippen molar-refractivity contribution in [1.82, 2.24) is 5.32 Å². The van der Waals surface area contributed by atoms with Gasteiger partial charge in [0.25, 0.3) is 0 Å². The van der Waals surface area contributed by atoms with Gasteiger partial charge in [0.2, 0.25) is 0 Å². The minimum atomic E-state index is -0.553. The SMILES string of the molecule is CNC(=O)O/N=C/C(C)(C)SC.N=C(N)N. The zero-order chi connectivity index (χ0) is 13.2. The number of amides is 1. The van der Waals surface area contributed by atoms with Crippen molar-refractivity contribution in [3.63, 3.8) is 0 Å². The number of carbonyl (C=O) groups excluding carboxylic acids is 1. The lowest BCUT2D eigenvalue weighted by Crippen LogP contribution is -2.20. The van der Waals surface area contributed by atoms with E-state index < -0.39 is 6.09 Å². The molecule has 0 fully saturated rings. The van der Waals surface area contributed by atoms with E-state index >= 15 is 0 Å². The van der Waals surface area contributed by atoms with Crippen LogP contribution in [0.25, 0.3) is 0 Å². The van der Waals surface area contributed by atoms with Gasteiger partial charge in [0.15, 0.2) is 5.96 Å². The van der Waals surface area contributed by atoms with E-state index in [1.807, 2.05) is 20.1 Å². The number of oxime groups is 1. The van der Waals surface area contributed by atoms with Gasteiger partial charge >= 0.3 is 6.09 Å². The number of hydrogen-bond acceptors (Lipinski definition) is 5. The molecular weight excluding hydrogens is 230 g/mol. The quantitative estimate of drug-likeness (QED) is 0.248. The second-order valence-electron chi connectivity index (χ2n) is 3.13. The van der Waals surface area contributed by atoms with Crippen LogP contribution in [0.2, 0.25) is 0 Å². The molecule has 0 heterocycles. The minimum Gasteiger partial charge on any atom is -0.370 e. The third-order valence-electron chi connectivity index (χ3n) is 1.23. The van der Waals surface area contributed by atoms with E-state index in [0.29, 0.717) is 0 Å². The molecule has 0 aliphatic rings. The summed E-state index contributed by atoms with van der Waals surface area (Å²) in [6.07, 6.45) is 3.00. The maximum atomic E-state index is 10.5. The van der Waals surface area contributed by atoms with E-state index in [0.717, 1.165) is 0 Å². The van der Waals surface area contributed by atoms with E-state index in [2.05, 4.69) is 26.8 Å². The third kappa shape index (κ3) is 15.1. The van der Waals surface area contributed by atoms with Crippen LogP contribution in [-0.2, 0) is 4.84 Å². The van der Waals surface area contributed by atoms with E-state index in [1.54, 1.807) is 18.0 Å². The van der Waals surface area contributed by atoms with Gasteiger partial charge in [-0.3, -0.25) is 10.2 Å². The predicted molar refractivity (Wildman–Crippen MR) is 67.7 cm³/mol. The van der Waals surface area contributed by atoms with Crippen LogP contribution in [0.15, 0.2) is 5.16 Å². The first kappa shape index (κ1) is 17.0. The fourth-order valence-corrected chi connectivity index (χ4v) is 0.448. The first-order valence-electron chi connectivity index (χ1n) is 4.33. The van der Waals surface area contributed by atoms with Gasteiger partial charge < -0.3 is 16.8 Å². The maximum Gasteiger partial charge on any atom is 0.433 e. The van der Waals surface area contributed by atoms with Gasteiger partial charge in [-0.15, -0.1) is 0 Å². The molecule has 0 radical (unpaired) electrons. The maximum absolute atomic E-state index is 10.5. The lowest BCUT2D eigenvalue weighted by Gasteiger charge is -2.13. The number of guanidine groups is 1. The first-order valence-corrected chi connectivity index (χ1v) is 5.55. The highest BCUT2D eigenvalue weighted by molar-refractivity contribution is 8.00. The molecule has 6 N–H and O–H groups in total. The molecule has 7 nitrogen and oxygen atoms in total. The number of carbonyl (C=O) groups is 1. The van der Waals surface area contributed by atoms with Gasteiger partial charge in [0, 0.05) is 11.8 Å². The van der Waals surface area contributed by atoms with Crippen LogP contribution in [-0.4, -0.2) is 36.3 Å². The fraction of sp³-hybridized carbons (Fsp3) is 0.625. The minimum absolute atomic E-state index is 0.103. The molecular formula is C8H19N5O2S. The van der Waals surface area contributed by atoms with Crippen LogP contribution in [0.3, 0.4) is 0 Å². The van der Waals surface area contributed by atoms with Crippen LogP contribution in [0.4, 0.5) is 4.79 Å². The Morgan fingerprint density at radius 3 is 2.31 bits per heavy atom. The summed E-state index contributed by atoms with van der Waals surface area (Å²) in [5, 5.41) is 11.9. The lowest BCUT2D eigenvalue weighted by molar-refractivity contribution is 0.153. The van der Waals surface area contributed by atoms with Crippen molar-refractivity contribution < 1.29 is 9.63 Å². The summed E-state index contributed by atoms with van der Waals surface area (Å²) < 4.78 is -0.103. The molecule has 0 aromatic carbocycles. The van der Waals surface area contributed by atoms with Gasteiger partial charge in [-0.2, -0.15) is 11.8 Å². The Morgan fingerprint density at radius 1 is 1.56 bits per heavy atom. The highest BCUT2D eigenvalue weighted by atomic mass is 32.2. The Balaban J connectivity index is 0. The summed E-state index contributed by atoms with van der Waals surface area (Å²) >= 11 is 1.63. The molecule has 0 aliphatic heterocycles. The Kier molecular flexibility index (Phi) is 9.37. The van der Waals surface area contributed by atoms with Crippen molar-refractivity contribution in [1.29, 1.82) is 5.41 Å². The summed E-state index contributed by atoms with van der Waals surface area (Å²) in [4.78, 5) is 15.0. The summed E-state index contributed by atoms with van der Waals surface area (Å²) in [6, 6.07) is 0. The van der Waals surface area contributed by atoms with E-state index in [-0.39, 0.29) is 10.7 Å². The van der Waals surface area contributed by atoms with Gasteiger partial charge in [-0.05, 0) is 20.1 Å². The number of nitrogens with one attached hydrogen (secondary N) is 2. The van der Waals surface area contributed by atoms with Crippen molar-refractivity contribution in [3.05, 3.63) is 0 Å². The van der Waals surface area contributed by atoms with E-state index in [1.165, 1.54) is 7.05 Å². The van der Waals surface area contributed by atoms with Crippen molar-refractivity contribution in [3.8, 4) is 0 Å². The molecule has 1 amide bonds. The van der Waals surface area contributed by atoms with Gasteiger partial charge in [-0.25, -0.2) is 4.79 Å². The molecule has 0 aromatic heterocycles. The first-order chi connectivity index (χ1) is 7.25. The molecule has 94 valence electrons. The normalized spacial score (nSPS) is 10.2. The summed E-state index contributed by atoms with van der Waals surface area (Å²) in [5.74, 6) is -0.333. The molecule has 0 rings (SSSR count). The summed E-state index contributed by atoms with van der Waals surface area (Å²) in [5.41, 5.74) is 8.94. The molecule has 0 saturated carbocycles. The molecule has 0 aliphatic carbocycles. The van der Waals surface area contributed by atoms with Crippen molar-refractivity contribution in [2.45, 2.75) is 18.6 Å². The molecule has 0 atom stereocenters. The second-order valence-corrected chi connectivity index (χ2v) is 4.59. The van der Waals surface area contributed by atoms with Crippen LogP contribution in [0.5, 0.6) is 0 Å². The molecule has 0 bridgehead atoms. The molecule has 0 spiro atoms. The predicted octanol–water partition coefficient (Wildman–Crippen LogP) is 0.308. The Hall–Kier alpha value is -1.44. The van der Waals surface area contributed by atoms with Gasteiger partial charge in [0.05, 0.1) is 6.21 Å². The van der Waals surface area contributed by atoms with Crippen LogP contribution in [0, 0.1) is 5.41 Å². The fourth-order valence-electron chi connectivity index (χ4n) is 0.299. The summed E-state index contributed by atoms with van der Waals surface area (Å²) in [7, 11) is 1.48. The second kappa shape index (κ2) is 8.84. The van der Waals surface area contributed by atoms with E-state index in [9.17, 15) is 4.79 Å². The monoisotopic (exact) mass is 249 g/mol. The molecule has 16 heavy (non-hydrogen) atoms. The Morgan fingerprint density at radius 2 is 2.00 bits per heavy atom. The van der Waals surface area contributed by atoms with Crippen LogP contribution < -0.4 is 16.8 Å². The van der Waals surface area contributed by atoms with Gasteiger partial charge in [-0.1, -0.05) is 5.16 Å². The van der Waals surface area contributed by atoms with Crippen LogP contribution >= 0.6 is 11.8 Å². The van der Waals surface area contributed by atoms with E-state index in [4.69, 9.17) is 5.41 Å². The molecule has 0 unspecified atom stereocenters. The zero-order valence-electron chi connectivity index (χ0n) is 9.90. The smallest absolute Gasteiger partial charge is 0.370 e. The third-order valence-corrected chi connectivity index (χ3v) is 2.39. The summed E-state index contributed by atoms with van der Waals surface area (Å²) in [6.45, 7) is 3.96. The topological polar surface area (TPSA) is 127 Å². The number of nitrogens with zero attached hydrogens (tertiary/aromatic N) is 1. The Bertz CT molecular complexity index is 251. The average molecular weight is 249 g/mol. The average Bonchev–Trinajstić information content (AvgIpc) is 2.16. The number of hydrogen-bond donors (Lipinski definition) is 4. The standard InChI is InChI=1S/C7H14N2O2S.CH5N3/c1-7(2,12-4)5-9-11-6(10)8-3;2-1(3)4/h5H,1-4H3,(H,8,10);(H5,2,3,4)/b9-5+;. The van der Waals surface area contributed by atoms with Crippen molar-refractivity contribution >= 4 is 30.0 Å². The number of rotatable bonds is 3. The zero-order valence-corrected chi connectivity index (χ0v) is 10.7. The van der Waals surface area contributed by atoms with Crippen molar-refractivity contribution in [2.75, 3.05) is 13.3 Å². The molecule has 8 heteroatoms. The highest BCUT2D eigenvalue weighted by Gasteiger charge is 2.12. The van der Waals surface area contributed by atoms with Gasteiger partial charge in [0.1, 0.15) is 0 Å². The number of nitrogens with two attached hydrogens (primary N) is 2. The largest absolute Gasteiger partial charge is 0.433 e. The number of thioether (sulfide) groups is 1. The highest BCUT2D eigenvalue weighted by Crippen LogP contribution is 2.17.